The van der Waals surface area contributed by atoms with Crippen LogP contribution in [0, 0.1) is 18.3 Å². The van der Waals surface area contributed by atoms with E-state index in [0.717, 1.165) is 60.8 Å². The minimum Gasteiger partial charge on any atom is -0.368 e. The number of rotatable bonds is 2. The molecule has 2 unspecified atom stereocenters. The van der Waals surface area contributed by atoms with Crippen molar-refractivity contribution < 1.29 is 0 Å². The Morgan fingerprint density at radius 2 is 1.85 bits per heavy atom. The van der Waals surface area contributed by atoms with Crippen LogP contribution in [0.15, 0.2) is 36.5 Å². The monoisotopic (exact) mass is 463 g/mol. The van der Waals surface area contributed by atoms with E-state index in [1.165, 1.54) is 0 Å². The summed E-state index contributed by atoms with van der Waals surface area (Å²) < 4.78 is 0. The summed E-state index contributed by atoms with van der Waals surface area (Å²) in [6.45, 7) is 12.9. The van der Waals surface area contributed by atoms with Crippen LogP contribution in [0.4, 0.5) is 11.5 Å². The summed E-state index contributed by atoms with van der Waals surface area (Å²) in [4.78, 5) is 20.5. The van der Waals surface area contributed by atoms with E-state index in [1.807, 2.05) is 39.0 Å². The summed E-state index contributed by atoms with van der Waals surface area (Å²) in [5, 5.41) is 10.8. The van der Waals surface area contributed by atoms with Crippen molar-refractivity contribution in [3.05, 3.63) is 53.1 Å². The third kappa shape index (κ3) is 4.59. The highest BCUT2D eigenvalue weighted by atomic mass is 35.5. The van der Waals surface area contributed by atoms with Crippen LogP contribution in [0.5, 0.6) is 0 Å². The van der Waals surface area contributed by atoms with Crippen molar-refractivity contribution in [1.82, 2.24) is 19.9 Å². The SMILES string of the molecule is CC.Cc1cc(N2CCN3C(C)CN(c4ccc(C#N)c5ncccc45)CC3C2)nc(Cl)n1. The number of aromatic nitrogens is 3. The number of nitrogens with zero attached hydrogens (tertiary/aromatic N) is 7. The maximum absolute atomic E-state index is 9.47. The number of hydrogen-bond acceptors (Lipinski definition) is 7. The minimum absolute atomic E-state index is 0.299. The van der Waals surface area contributed by atoms with Crippen LogP contribution in [0.1, 0.15) is 32.0 Å². The predicted octanol–water partition coefficient (Wildman–Crippen LogP) is 4.28. The maximum Gasteiger partial charge on any atom is 0.224 e. The van der Waals surface area contributed by atoms with Crippen molar-refractivity contribution >= 4 is 34.0 Å². The van der Waals surface area contributed by atoms with Gasteiger partial charge in [-0.15, -0.1) is 0 Å². The first-order valence-corrected chi connectivity index (χ1v) is 12.0. The fourth-order valence-corrected chi connectivity index (χ4v) is 5.19. The zero-order valence-electron chi connectivity index (χ0n) is 19.7. The highest BCUT2D eigenvalue weighted by Crippen LogP contribution is 2.32. The lowest BCUT2D eigenvalue weighted by atomic mass is 10.0. The van der Waals surface area contributed by atoms with Gasteiger partial charge in [-0.2, -0.15) is 5.26 Å². The Morgan fingerprint density at radius 3 is 2.61 bits per heavy atom. The van der Waals surface area contributed by atoms with Gasteiger partial charge in [0.05, 0.1) is 11.1 Å². The van der Waals surface area contributed by atoms with Gasteiger partial charge < -0.3 is 9.80 Å². The zero-order chi connectivity index (χ0) is 23.5. The molecule has 0 N–H and O–H groups in total. The lowest BCUT2D eigenvalue weighted by molar-refractivity contribution is 0.108. The summed E-state index contributed by atoms with van der Waals surface area (Å²) in [5.74, 6) is 0.898. The number of halogens is 1. The van der Waals surface area contributed by atoms with Gasteiger partial charge in [-0.1, -0.05) is 13.8 Å². The Hall–Kier alpha value is -2.95. The summed E-state index contributed by atoms with van der Waals surface area (Å²) in [6.07, 6.45) is 1.75. The molecule has 3 aromatic rings. The molecule has 2 fully saturated rings. The van der Waals surface area contributed by atoms with Crippen LogP contribution in [0.25, 0.3) is 10.9 Å². The lowest BCUT2D eigenvalue weighted by Crippen LogP contribution is -2.65. The molecule has 33 heavy (non-hydrogen) atoms. The molecule has 2 saturated heterocycles. The molecule has 2 aliphatic rings. The van der Waals surface area contributed by atoms with E-state index >= 15 is 0 Å². The summed E-state index contributed by atoms with van der Waals surface area (Å²) in [6, 6.07) is 13.0. The van der Waals surface area contributed by atoms with Gasteiger partial charge in [0.1, 0.15) is 11.9 Å². The number of pyridine rings is 1. The van der Waals surface area contributed by atoms with Gasteiger partial charge in [-0.25, -0.2) is 9.97 Å². The van der Waals surface area contributed by atoms with E-state index in [4.69, 9.17) is 11.6 Å². The van der Waals surface area contributed by atoms with Crippen LogP contribution in [0.3, 0.4) is 0 Å². The maximum atomic E-state index is 9.47. The van der Waals surface area contributed by atoms with Crippen molar-refractivity contribution in [3.63, 3.8) is 0 Å². The fraction of sp³-hybridized carbons (Fsp3) is 0.440. The van der Waals surface area contributed by atoms with Crippen molar-refractivity contribution in [2.45, 2.75) is 39.8 Å². The van der Waals surface area contributed by atoms with E-state index in [2.05, 4.69) is 54.8 Å². The normalized spacial score (nSPS) is 20.6. The number of fused-ring (bicyclic) bond motifs is 2. The molecular weight excluding hydrogens is 434 g/mol. The second-order valence-electron chi connectivity index (χ2n) is 8.37. The molecule has 1 aromatic carbocycles. The molecule has 0 amide bonds. The molecule has 2 atom stereocenters. The van der Waals surface area contributed by atoms with E-state index in [0.29, 0.717) is 22.9 Å². The Kier molecular flexibility index (Phi) is 6.96. The molecule has 7 nitrogen and oxygen atoms in total. The first-order valence-electron chi connectivity index (χ1n) is 11.6. The molecule has 0 aliphatic carbocycles. The number of benzene rings is 1. The van der Waals surface area contributed by atoms with E-state index in [9.17, 15) is 5.26 Å². The molecule has 8 heteroatoms. The van der Waals surface area contributed by atoms with Gasteiger partial charge in [0, 0.05) is 73.8 Å². The quantitative estimate of drug-likeness (QED) is 0.525. The molecule has 5 rings (SSSR count). The van der Waals surface area contributed by atoms with Crippen LogP contribution < -0.4 is 9.80 Å². The first-order chi connectivity index (χ1) is 16.0. The number of anilines is 2. The molecule has 0 saturated carbocycles. The molecule has 2 aliphatic heterocycles. The van der Waals surface area contributed by atoms with Gasteiger partial charge in [0.2, 0.25) is 5.28 Å². The lowest BCUT2D eigenvalue weighted by Gasteiger charge is -2.51. The van der Waals surface area contributed by atoms with Crippen molar-refractivity contribution in [1.29, 1.82) is 5.26 Å². The molecular formula is C25H30ClN7. The minimum atomic E-state index is 0.299. The van der Waals surface area contributed by atoms with Crippen molar-refractivity contribution in [2.75, 3.05) is 42.5 Å². The third-order valence-electron chi connectivity index (χ3n) is 6.36. The Balaban J connectivity index is 0.00000126. The summed E-state index contributed by atoms with van der Waals surface area (Å²) in [5.41, 5.74) is 3.42. The number of nitriles is 1. The van der Waals surface area contributed by atoms with Gasteiger partial charge >= 0.3 is 0 Å². The Morgan fingerprint density at radius 1 is 1.06 bits per heavy atom. The average Bonchev–Trinajstić information content (AvgIpc) is 2.83. The second-order valence-corrected chi connectivity index (χ2v) is 8.71. The highest BCUT2D eigenvalue weighted by molar-refractivity contribution is 6.28. The summed E-state index contributed by atoms with van der Waals surface area (Å²) in [7, 11) is 0. The van der Waals surface area contributed by atoms with Crippen LogP contribution in [-0.2, 0) is 0 Å². The average molecular weight is 464 g/mol. The van der Waals surface area contributed by atoms with E-state index in [-0.39, 0.29) is 0 Å². The Bertz CT molecular complexity index is 1150. The van der Waals surface area contributed by atoms with Crippen LogP contribution in [0.2, 0.25) is 5.28 Å². The molecule has 0 bridgehead atoms. The second kappa shape index (κ2) is 9.90. The van der Waals surface area contributed by atoms with Gasteiger partial charge in [-0.3, -0.25) is 9.88 Å². The van der Waals surface area contributed by atoms with Gasteiger partial charge in [-0.05, 0) is 49.7 Å². The molecule has 0 spiro atoms. The predicted molar refractivity (Wildman–Crippen MR) is 134 cm³/mol. The molecule has 0 radical (unpaired) electrons. The van der Waals surface area contributed by atoms with Crippen molar-refractivity contribution in [2.24, 2.45) is 0 Å². The fourth-order valence-electron chi connectivity index (χ4n) is 4.97. The third-order valence-corrected chi connectivity index (χ3v) is 6.52. The van der Waals surface area contributed by atoms with Gasteiger partial charge in [0.25, 0.3) is 0 Å². The smallest absolute Gasteiger partial charge is 0.224 e. The topological polar surface area (TPSA) is 72.2 Å². The highest BCUT2D eigenvalue weighted by Gasteiger charge is 2.37. The van der Waals surface area contributed by atoms with Crippen LogP contribution >= 0.6 is 11.6 Å². The first kappa shape index (κ1) is 23.2. The Labute approximate surface area is 200 Å². The van der Waals surface area contributed by atoms with Crippen LogP contribution in [-0.4, -0.2) is 64.7 Å². The summed E-state index contributed by atoms with van der Waals surface area (Å²) >= 11 is 6.12. The largest absolute Gasteiger partial charge is 0.368 e. The molecule has 2 aromatic heterocycles. The molecule has 4 heterocycles. The van der Waals surface area contributed by atoms with E-state index < -0.39 is 0 Å². The van der Waals surface area contributed by atoms with Gasteiger partial charge in [0.15, 0.2) is 0 Å². The zero-order valence-corrected chi connectivity index (χ0v) is 20.4. The van der Waals surface area contributed by atoms with Crippen molar-refractivity contribution in [3.8, 4) is 6.07 Å². The number of aryl methyl sites for hydroxylation is 1. The molecule has 172 valence electrons. The number of piperazine rings is 2. The number of hydrogen-bond donors (Lipinski definition) is 0. The van der Waals surface area contributed by atoms with E-state index in [1.54, 1.807) is 6.20 Å². The standard InChI is InChI=1S/C23H24ClN7.C2H6/c1-15-10-21(28-23(24)27-15)29-8-9-31-16(2)12-30(14-18(31)13-29)20-6-5-17(11-25)22-19(20)4-3-7-26-22;1-2/h3-7,10,16,18H,8-9,12-14H2,1-2H3;1-2H3.